The van der Waals surface area contributed by atoms with Crippen LogP contribution in [0.4, 0.5) is 5.69 Å². The summed E-state index contributed by atoms with van der Waals surface area (Å²) in [6.45, 7) is 3.04. The highest BCUT2D eigenvalue weighted by atomic mass is 32.2. The van der Waals surface area contributed by atoms with Crippen molar-refractivity contribution >= 4 is 29.2 Å². The van der Waals surface area contributed by atoms with Gasteiger partial charge in [-0.2, -0.15) is 11.8 Å². The summed E-state index contributed by atoms with van der Waals surface area (Å²) in [5.74, 6) is 2.51. The van der Waals surface area contributed by atoms with Gasteiger partial charge in [0, 0.05) is 22.4 Å². The van der Waals surface area contributed by atoms with Crippen LogP contribution in [0.15, 0.2) is 23.1 Å². The van der Waals surface area contributed by atoms with Crippen molar-refractivity contribution in [3.05, 3.63) is 23.8 Å². The molecular formula is C16H23NOS2. The number of nitrogen functional groups attached to an aromatic ring is 1. The zero-order valence-electron chi connectivity index (χ0n) is 12.1. The van der Waals surface area contributed by atoms with E-state index in [1.165, 1.54) is 41.2 Å². The zero-order chi connectivity index (χ0) is 14.0. The van der Waals surface area contributed by atoms with Crippen LogP contribution in [0.2, 0.25) is 0 Å². The summed E-state index contributed by atoms with van der Waals surface area (Å²) < 4.78 is 6.17. The van der Waals surface area contributed by atoms with Crippen LogP contribution in [0.5, 0.6) is 0 Å². The monoisotopic (exact) mass is 309 g/mol. The van der Waals surface area contributed by atoms with Crippen molar-refractivity contribution in [1.82, 2.24) is 0 Å². The van der Waals surface area contributed by atoms with Crippen molar-refractivity contribution in [1.29, 1.82) is 0 Å². The average Bonchev–Trinajstić information content (AvgIpc) is 2.44. The molecule has 110 valence electrons. The lowest BCUT2D eigenvalue weighted by molar-refractivity contribution is -0.0804. The van der Waals surface area contributed by atoms with Crippen LogP contribution in [-0.4, -0.2) is 29.0 Å². The maximum absolute atomic E-state index is 6.17. The fourth-order valence-electron chi connectivity index (χ4n) is 3.10. The maximum atomic E-state index is 6.17. The lowest BCUT2D eigenvalue weighted by atomic mass is 9.88. The van der Waals surface area contributed by atoms with E-state index in [1.807, 2.05) is 17.8 Å². The first-order chi connectivity index (χ1) is 9.67. The molecule has 0 radical (unpaired) electrons. The van der Waals surface area contributed by atoms with E-state index in [0.29, 0.717) is 5.25 Å². The molecule has 4 heteroatoms. The van der Waals surface area contributed by atoms with E-state index in [2.05, 4.69) is 30.8 Å². The van der Waals surface area contributed by atoms with Crippen molar-refractivity contribution in [3.8, 4) is 0 Å². The Morgan fingerprint density at radius 1 is 1.35 bits per heavy atom. The van der Waals surface area contributed by atoms with Crippen LogP contribution >= 0.6 is 23.5 Å². The molecule has 2 fully saturated rings. The second-order valence-corrected chi connectivity index (χ2v) is 8.48. The number of hydrogen-bond donors (Lipinski definition) is 1. The number of anilines is 1. The first kappa shape index (κ1) is 14.6. The Labute approximate surface area is 130 Å². The molecular weight excluding hydrogens is 286 g/mol. The Morgan fingerprint density at radius 3 is 2.95 bits per heavy atom. The van der Waals surface area contributed by atoms with Crippen molar-refractivity contribution in [2.75, 3.05) is 23.8 Å². The van der Waals surface area contributed by atoms with E-state index in [-0.39, 0.29) is 5.60 Å². The van der Waals surface area contributed by atoms with E-state index < -0.39 is 0 Å². The first-order valence-corrected chi connectivity index (χ1v) is 9.45. The molecule has 2 aliphatic rings. The second-order valence-electron chi connectivity index (χ2n) is 5.92. The molecule has 1 spiro atoms. The van der Waals surface area contributed by atoms with Crippen LogP contribution in [0.3, 0.4) is 0 Å². The van der Waals surface area contributed by atoms with Gasteiger partial charge in [0.2, 0.25) is 0 Å². The molecule has 1 atom stereocenters. The molecule has 0 amide bonds. The third-order valence-electron chi connectivity index (χ3n) is 4.31. The molecule has 2 aliphatic heterocycles. The molecule has 0 aromatic heterocycles. The second kappa shape index (κ2) is 6.20. The zero-order valence-corrected chi connectivity index (χ0v) is 13.7. The van der Waals surface area contributed by atoms with Gasteiger partial charge in [-0.25, -0.2) is 0 Å². The van der Waals surface area contributed by atoms with Gasteiger partial charge < -0.3 is 10.5 Å². The largest absolute Gasteiger partial charge is 0.398 e. The van der Waals surface area contributed by atoms with Gasteiger partial charge in [0.1, 0.15) is 0 Å². The van der Waals surface area contributed by atoms with E-state index in [4.69, 9.17) is 10.5 Å². The normalized spacial score (nSPS) is 25.8. The van der Waals surface area contributed by atoms with Gasteiger partial charge in [-0.3, -0.25) is 0 Å². The summed E-state index contributed by atoms with van der Waals surface area (Å²) >= 11 is 4.03. The summed E-state index contributed by atoms with van der Waals surface area (Å²) in [7, 11) is 0. The van der Waals surface area contributed by atoms with Crippen LogP contribution in [0, 0.1) is 6.92 Å². The quantitative estimate of drug-likeness (QED) is 0.834. The molecule has 2 N–H and O–H groups in total. The van der Waals surface area contributed by atoms with Gasteiger partial charge in [-0.15, -0.1) is 11.8 Å². The molecule has 3 rings (SSSR count). The van der Waals surface area contributed by atoms with Gasteiger partial charge in [-0.1, -0.05) is 6.07 Å². The molecule has 0 saturated carbocycles. The van der Waals surface area contributed by atoms with Crippen LogP contribution in [-0.2, 0) is 4.74 Å². The Bertz CT molecular complexity index is 466. The van der Waals surface area contributed by atoms with E-state index in [0.717, 1.165) is 18.7 Å². The molecule has 0 aliphatic carbocycles. The molecule has 2 nitrogen and oxygen atoms in total. The fourth-order valence-corrected chi connectivity index (χ4v) is 5.75. The number of nitrogens with two attached hydrogens (primary N) is 1. The van der Waals surface area contributed by atoms with Gasteiger partial charge in [-0.05, 0) is 61.8 Å². The van der Waals surface area contributed by atoms with E-state index >= 15 is 0 Å². The number of aryl methyl sites for hydroxylation is 1. The lowest BCUT2D eigenvalue weighted by Gasteiger charge is -2.43. The molecule has 1 unspecified atom stereocenters. The van der Waals surface area contributed by atoms with Crippen LogP contribution < -0.4 is 5.73 Å². The Kier molecular flexibility index (Phi) is 4.53. The molecule has 1 aromatic carbocycles. The predicted octanol–water partition coefficient (Wildman–Crippen LogP) is 4.11. The van der Waals surface area contributed by atoms with Crippen LogP contribution in [0.25, 0.3) is 0 Å². The van der Waals surface area contributed by atoms with Crippen molar-refractivity contribution < 1.29 is 4.74 Å². The van der Waals surface area contributed by atoms with Gasteiger partial charge in [0.05, 0.1) is 5.60 Å². The van der Waals surface area contributed by atoms with Gasteiger partial charge >= 0.3 is 0 Å². The summed E-state index contributed by atoms with van der Waals surface area (Å²) in [6, 6.07) is 6.34. The topological polar surface area (TPSA) is 35.2 Å². The SMILES string of the molecule is Cc1ccc(N)c(SC2CCOC3(CCSCC3)C2)c1. The summed E-state index contributed by atoms with van der Waals surface area (Å²) in [4.78, 5) is 1.25. The summed E-state index contributed by atoms with van der Waals surface area (Å²) in [5, 5.41) is 0.649. The third-order valence-corrected chi connectivity index (χ3v) is 6.64. The van der Waals surface area contributed by atoms with E-state index in [9.17, 15) is 0 Å². The van der Waals surface area contributed by atoms with Gasteiger partial charge in [0.15, 0.2) is 0 Å². The molecule has 0 bridgehead atoms. The van der Waals surface area contributed by atoms with Gasteiger partial charge in [0.25, 0.3) is 0 Å². The Balaban J connectivity index is 1.69. The highest BCUT2D eigenvalue weighted by Gasteiger charge is 2.39. The first-order valence-electron chi connectivity index (χ1n) is 7.41. The number of benzene rings is 1. The highest BCUT2D eigenvalue weighted by molar-refractivity contribution is 8.00. The number of ether oxygens (including phenoxy) is 1. The minimum absolute atomic E-state index is 0.166. The molecule has 2 heterocycles. The predicted molar refractivity (Wildman–Crippen MR) is 89.7 cm³/mol. The minimum atomic E-state index is 0.166. The van der Waals surface area contributed by atoms with Crippen molar-refractivity contribution in [3.63, 3.8) is 0 Å². The van der Waals surface area contributed by atoms with Crippen LogP contribution in [0.1, 0.15) is 31.2 Å². The molecule has 2 saturated heterocycles. The minimum Gasteiger partial charge on any atom is -0.398 e. The number of hydrogen-bond acceptors (Lipinski definition) is 4. The number of thioether (sulfide) groups is 2. The lowest BCUT2D eigenvalue weighted by Crippen LogP contribution is -2.43. The van der Waals surface area contributed by atoms with E-state index in [1.54, 1.807) is 0 Å². The van der Waals surface area contributed by atoms with Crippen molar-refractivity contribution in [2.45, 2.75) is 48.4 Å². The molecule has 20 heavy (non-hydrogen) atoms. The fraction of sp³-hybridized carbons (Fsp3) is 0.625. The van der Waals surface area contributed by atoms with Crippen molar-refractivity contribution in [2.24, 2.45) is 0 Å². The number of rotatable bonds is 2. The summed E-state index contributed by atoms with van der Waals surface area (Å²) in [6.07, 6.45) is 4.77. The summed E-state index contributed by atoms with van der Waals surface area (Å²) in [5.41, 5.74) is 8.49. The highest BCUT2D eigenvalue weighted by Crippen LogP contribution is 2.43. The standard InChI is InChI=1S/C16H23NOS2/c1-12-2-3-14(17)15(10-12)20-13-4-7-18-16(11-13)5-8-19-9-6-16/h2-3,10,13H,4-9,11,17H2,1H3. The average molecular weight is 310 g/mol. The third kappa shape index (κ3) is 3.29. The smallest absolute Gasteiger partial charge is 0.0709 e. The molecule has 1 aromatic rings. The Hall–Kier alpha value is -0.320. The Morgan fingerprint density at radius 2 is 2.15 bits per heavy atom. The maximum Gasteiger partial charge on any atom is 0.0709 e.